The van der Waals surface area contributed by atoms with Gasteiger partial charge in [-0.2, -0.15) is 10.4 Å². The average molecular weight is 486 g/mol. The third-order valence-corrected chi connectivity index (χ3v) is 6.50. The summed E-state index contributed by atoms with van der Waals surface area (Å²) in [6, 6.07) is 21.1. The molecule has 35 heavy (non-hydrogen) atoms. The lowest BCUT2D eigenvalue weighted by atomic mass is 9.99. The fourth-order valence-corrected chi connectivity index (χ4v) is 4.58. The van der Waals surface area contributed by atoms with Crippen molar-refractivity contribution in [3.8, 4) is 11.8 Å². The lowest BCUT2D eigenvalue weighted by molar-refractivity contribution is 0.168. The first-order valence-electron chi connectivity index (χ1n) is 11.5. The minimum absolute atomic E-state index is 0. The number of hydrogen-bond acceptors (Lipinski definition) is 6. The highest BCUT2D eigenvalue weighted by Gasteiger charge is 2.30. The molecule has 1 unspecified atom stereocenters. The predicted molar refractivity (Wildman–Crippen MR) is 139 cm³/mol. The monoisotopic (exact) mass is 485 g/mol. The van der Waals surface area contributed by atoms with Gasteiger partial charge in [-0.05, 0) is 30.2 Å². The summed E-state index contributed by atoms with van der Waals surface area (Å²) in [6.45, 7) is 5.56. The number of benzene rings is 2. The van der Waals surface area contributed by atoms with Crippen molar-refractivity contribution in [3.05, 3.63) is 102 Å². The molecule has 0 bridgehead atoms. The second-order valence-corrected chi connectivity index (χ2v) is 8.57. The Kier molecular flexibility index (Phi) is 7.76. The topological polar surface area (TPSA) is 73.9 Å². The van der Waals surface area contributed by atoms with E-state index in [4.69, 9.17) is 5.26 Å². The van der Waals surface area contributed by atoms with Crippen LogP contribution in [0.1, 0.15) is 28.4 Å². The number of aromatic nitrogens is 4. The highest BCUT2D eigenvalue weighted by Crippen LogP contribution is 2.30. The molecule has 4 aromatic rings. The summed E-state index contributed by atoms with van der Waals surface area (Å²) in [6.07, 6.45) is 7.70. The van der Waals surface area contributed by atoms with E-state index in [1.165, 1.54) is 11.1 Å². The van der Waals surface area contributed by atoms with E-state index < -0.39 is 0 Å². The molecule has 3 heterocycles. The van der Waals surface area contributed by atoms with Crippen LogP contribution < -0.4 is 4.90 Å². The molecule has 7 nitrogen and oxygen atoms in total. The minimum atomic E-state index is 0. The van der Waals surface area contributed by atoms with Crippen LogP contribution in [-0.2, 0) is 13.0 Å². The van der Waals surface area contributed by atoms with Crippen molar-refractivity contribution in [1.29, 1.82) is 5.26 Å². The summed E-state index contributed by atoms with van der Waals surface area (Å²) in [5.74, 6) is 0.904. The van der Waals surface area contributed by atoms with Crippen molar-refractivity contribution in [2.24, 2.45) is 0 Å². The Hall–Kier alpha value is -3.73. The van der Waals surface area contributed by atoms with E-state index in [2.05, 4.69) is 74.3 Å². The van der Waals surface area contributed by atoms with Crippen LogP contribution in [0.15, 0.2) is 79.4 Å². The molecule has 0 N–H and O–H groups in total. The van der Waals surface area contributed by atoms with Gasteiger partial charge in [0, 0.05) is 49.8 Å². The van der Waals surface area contributed by atoms with Crippen LogP contribution in [-0.4, -0.2) is 44.3 Å². The maximum absolute atomic E-state index is 9.03. The van der Waals surface area contributed by atoms with E-state index in [1.807, 2.05) is 35.3 Å². The quantitative estimate of drug-likeness (QED) is 0.399. The van der Waals surface area contributed by atoms with Gasteiger partial charge in [0.05, 0.1) is 36.6 Å². The number of anilines is 1. The summed E-state index contributed by atoms with van der Waals surface area (Å²) in [5, 5.41) is 13.7. The molecule has 2 aromatic heterocycles. The van der Waals surface area contributed by atoms with Crippen molar-refractivity contribution in [1.82, 2.24) is 24.6 Å². The normalized spacial score (nSPS) is 15.9. The average Bonchev–Trinajstić information content (AvgIpc) is 3.26. The Morgan fingerprint density at radius 3 is 2.51 bits per heavy atom. The molecule has 2 aromatic carbocycles. The zero-order chi connectivity index (χ0) is 23.3. The maximum atomic E-state index is 9.03. The molecule has 1 saturated heterocycles. The Morgan fingerprint density at radius 2 is 1.80 bits per heavy atom. The zero-order valence-corrected chi connectivity index (χ0v) is 20.5. The number of nitrogens with zero attached hydrogens (tertiary/aromatic N) is 7. The second kappa shape index (κ2) is 11.1. The lowest BCUT2D eigenvalue weighted by Crippen LogP contribution is -2.48. The Balaban J connectivity index is 0.00000289. The highest BCUT2D eigenvalue weighted by molar-refractivity contribution is 5.85. The van der Waals surface area contributed by atoms with Gasteiger partial charge in [0.15, 0.2) is 0 Å². The molecule has 1 aliphatic rings. The molecule has 0 radical (unpaired) electrons. The number of nitriles is 1. The van der Waals surface area contributed by atoms with Crippen molar-refractivity contribution < 1.29 is 0 Å². The van der Waals surface area contributed by atoms with Gasteiger partial charge in [0.25, 0.3) is 0 Å². The van der Waals surface area contributed by atoms with Gasteiger partial charge in [0.1, 0.15) is 5.82 Å². The Labute approximate surface area is 212 Å². The van der Waals surface area contributed by atoms with Crippen LogP contribution in [0.25, 0.3) is 5.69 Å². The minimum Gasteiger partial charge on any atom is -0.352 e. The molecular formula is C27H28ClN7. The predicted octanol–water partition coefficient (Wildman–Crippen LogP) is 4.52. The van der Waals surface area contributed by atoms with Crippen molar-refractivity contribution in [2.75, 3.05) is 24.5 Å². The van der Waals surface area contributed by atoms with E-state index in [0.29, 0.717) is 6.42 Å². The van der Waals surface area contributed by atoms with Crippen LogP contribution in [0.5, 0.6) is 0 Å². The zero-order valence-electron chi connectivity index (χ0n) is 19.7. The van der Waals surface area contributed by atoms with E-state index in [0.717, 1.165) is 48.9 Å². The smallest absolute Gasteiger partial charge is 0.147 e. The highest BCUT2D eigenvalue weighted by atomic mass is 35.5. The third-order valence-electron chi connectivity index (χ3n) is 6.50. The van der Waals surface area contributed by atoms with Crippen molar-refractivity contribution in [2.45, 2.75) is 25.9 Å². The SMILES string of the molecule is Cc1c(CN2CCN(c3cnccn3)CC2c2ccc(CC#N)cc2)cnn1-c1ccccc1.Cl. The molecule has 8 heteroatoms. The number of piperazine rings is 1. The summed E-state index contributed by atoms with van der Waals surface area (Å²) >= 11 is 0. The third kappa shape index (κ3) is 5.35. The van der Waals surface area contributed by atoms with E-state index in [9.17, 15) is 0 Å². The number of para-hydroxylation sites is 1. The van der Waals surface area contributed by atoms with Crippen LogP contribution in [0.2, 0.25) is 0 Å². The fourth-order valence-electron chi connectivity index (χ4n) is 4.58. The number of rotatable bonds is 6. The summed E-state index contributed by atoms with van der Waals surface area (Å²) in [7, 11) is 0. The number of hydrogen-bond donors (Lipinski definition) is 0. The summed E-state index contributed by atoms with van der Waals surface area (Å²) in [4.78, 5) is 13.6. The first kappa shape index (κ1) is 24.4. The van der Waals surface area contributed by atoms with Crippen LogP contribution in [0.3, 0.4) is 0 Å². The van der Waals surface area contributed by atoms with E-state index >= 15 is 0 Å². The van der Waals surface area contributed by atoms with Crippen LogP contribution in [0.4, 0.5) is 5.82 Å². The van der Waals surface area contributed by atoms with Gasteiger partial charge < -0.3 is 4.90 Å². The molecule has 0 aliphatic carbocycles. The van der Waals surface area contributed by atoms with Gasteiger partial charge >= 0.3 is 0 Å². The van der Waals surface area contributed by atoms with Gasteiger partial charge in [-0.1, -0.05) is 42.5 Å². The molecule has 0 amide bonds. The Bertz CT molecular complexity index is 1270. The Morgan fingerprint density at radius 1 is 1.00 bits per heavy atom. The number of halogens is 1. The van der Waals surface area contributed by atoms with Gasteiger partial charge in [-0.3, -0.25) is 9.88 Å². The molecule has 0 spiro atoms. The molecule has 5 rings (SSSR count). The first-order valence-corrected chi connectivity index (χ1v) is 11.5. The molecule has 178 valence electrons. The molecule has 1 fully saturated rings. The fraction of sp³-hybridized carbons (Fsp3) is 0.259. The largest absolute Gasteiger partial charge is 0.352 e. The van der Waals surface area contributed by atoms with Crippen LogP contribution >= 0.6 is 12.4 Å². The van der Waals surface area contributed by atoms with Crippen molar-refractivity contribution >= 4 is 18.2 Å². The van der Waals surface area contributed by atoms with Gasteiger partial charge in [-0.15, -0.1) is 12.4 Å². The van der Waals surface area contributed by atoms with Crippen molar-refractivity contribution in [3.63, 3.8) is 0 Å². The first-order chi connectivity index (χ1) is 16.7. The molecule has 1 aliphatic heterocycles. The van der Waals surface area contributed by atoms with E-state index in [1.54, 1.807) is 12.4 Å². The van der Waals surface area contributed by atoms with E-state index in [-0.39, 0.29) is 18.4 Å². The molecule has 0 saturated carbocycles. The molecule has 1 atom stereocenters. The lowest BCUT2D eigenvalue weighted by Gasteiger charge is -2.42. The maximum Gasteiger partial charge on any atom is 0.147 e. The van der Waals surface area contributed by atoms with Gasteiger partial charge in [-0.25, -0.2) is 9.67 Å². The standard InChI is InChI=1S/C27H27N7.ClH/c1-21-24(17-31-34(21)25-5-3-2-4-6-25)19-32-15-16-33(27-18-29-13-14-30-27)20-26(32)23-9-7-22(8-10-23)11-12-28;/h2-10,13-14,17-18,26H,11,15-16,19-20H2,1H3;1H. The summed E-state index contributed by atoms with van der Waals surface area (Å²) in [5.41, 5.74) is 5.74. The van der Waals surface area contributed by atoms with Gasteiger partial charge in [0.2, 0.25) is 0 Å². The summed E-state index contributed by atoms with van der Waals surface area (Å²) < 4.78 is 2.01. The second-order valence-electron chi connectivity index (χ2n) is 8.57. The van der Waals surface area contributed by atoms with Crippen LogP contribution in [0, 0.1) is 18.3 Å². The molecular weight excluding hydrogens is 458 g/mol.